The first-order valence-electron chi connectivity index (χ1n) is 7.21. The maximum atomic E-state index is 10.7. The average Bonchev–Trinajstić information content (AvgIpc) is 2.85. The van der Waals surface area contributed by atoms with E-state index in [1.54, 1.807) is 0 Å². The Bertz CT molecular complexity index is 812. The van der Waals surface area contributed by atoms with Gasteiger partial charge in [0, 0.05) is 5.39 Å². The molecule has 0 aliphatic carbocycles. The van der Waals surface area contributed by atoms with Crippen LogP contribution in [0.5, 0.6) is 0 Å². The highest BCUT2D eigenvalue weighted by Gasteiger charge is 2.18. The van der Waals surface area contributed by atoms with Gasteiger partial charge in [0.1, 0.15) is 17.4 Å². The highest BCUT2D eigenvalue weighted by molar-refractivity contribution is 5.78. The van der Waals surface area contributed by atoms with Gasteiger partial charge in [-0.1, -0.05) is 23.8 Å². The highest BCUT2D eigenvalue weighted by atomic mass is 16.4. The van der Waals surface area contributed by atoms with Crippen molar-refractivity contribution in [1.82, 2.24) is 0 Å². The van der Waals surface area contributed by atoms with Gasteiger partial charge in [0.25, 0.3) is 0 Å². The normalized spacial score (nSPS) is 12.8. The number of furan rings is 1. The van der Waals surface area contributed by atoms with Gasteiger partial charge >= 0.3 is 0 Å². The first-order valence-corrected chi connectivity index (χ1v) is 7.21. The summed E-state index contributed by atoms with van der Waals surface area (Å²) in [6, 6.07) is 12.1. The molecule has 2 aromatic carbocycles. The van der Waals surface area contributed by atoms with Gasteiger partial charge in [0.2, 0.25) is 0 Å². The molecule has 0 fully saturated rings. The molecule has 0 saturated carbocycles. The van der Waals surface area contributed by atoms with Crippen LogP contribution in [-0.4, -0.2) is 5.11 Å². The van der Waals surface area contributed by atoms with Gasteiger partial charge in [-0.2, -0.15) is 0 Å². The first-order chi connectivity index (χ1) is 9.95. The lowest BCUT2D eigenvalue weighted by atomic mass is 9.96. The summed E-state index contributed by atoms with van der Waals surface area (Å²) in [4.78, 5) is 0. The van der Waals surface area contributed by atoms with Gasteiger partial charge in [-0.05, 0) is 68.1 Å². The highest BCUT2D eigenvalue weighted by Crippen LogP contribution is 2.31. The van der Waals surface area contributed by atoms with Crippen LogP contribution < -0.4 is 0 Å². The third-order valence-corrected chi connectivity index (χ3v) is 4.14. The van der Waals surface area contributed by atoms with Crippen LogP contribution in [0.4, 0.5) is 0 Å². The quantitative estimate of drug-likeness (QED) is 0.735. The molecule has 0 amide bonds. The second-order valence-electron chi connectivity index (χ2n) is 5.89. The zero-order valence-corrected chi connectivity index (χ0v) is 12.9. The molecule has 3 aromatic rings. The number of hydrogen-bond acceptors (Lipinski definition) is 2. The van der Waals surface area contributed by atoms with Crippen molar-refractivity contribution in [3.8, 4) is 0 Å². The van der Waals surface area contributed by atoms with E-state index >= 15 is 0 Å². The number of rotatable bonds is 2. The van der Waals surface area contributed by atoms with Crippen molar-refractivity contribution in [1.29, 1.82) is 0 Å². The Balaban J connectivity index is 2.07. The van der Waals surface area contributed by atoms with Crippen LogP contribution >= 0.6 is 0 Å². The van der Waals surface area contributed by atoms with E-state index in [4.69, 9.17) is 4.42 Å². The Hall–Kier alpha value is -2.06. The van der Waals surface area contributed by atoms with Crippen LogP contribution in [0.1, 0.15) is 39.7 Å². The fourth-order valence-corrected chi connectivity index (χ4v) is 2.75. The van der Waals surface area contributed by atoms with E-state index in [-0.39, 0.29) is 0 Å². The minimum absolute atomic E-state index is 0.599. The Morgan fingerprint density at radius 3 is 2.33 bits per heavy atom. The SMILES string of the molecule is Cc1ccc2oc(C(O)c3cc(C)c(C)cc3C)cc2c1. The van der Waals surface area contributed by atoms with E-state index in [0.29, 0.717) is 5.76 Å². The smallest absolute Gasteiger partial charge is 0.138 e. The zero-order chi connectivity index (χ0) is 15.1. The molecule has 2 heteroatoms. The molecule has 0 bridgehead atoms. The van der Waals surface area contributed by atoms with Crippen molar-refractivity contribution in [2.75, 3.05) is 0 Å². The minimum Gasteiger partial charge on any atom is -0.458 e. The summed E-state index contributed by atoms with van der Waals surface area (Å²) >= 11 is 0. The standard InChI is InChI=1S/C19H20O2/c1-11-5-6-17-15(7-11)10-18(21-17)19(20)16-9-13(3)12(2)8-14(16)4/h5-10,19-20H,1-4H3. The van der Waals surface area contributed by atoms with Crippen LogP contribution in [0.25, 0.3) is 11.0 Å². The summed E-state index contributed by atoms with van der Waals surface area (Å²) in [7, 11) is 0. The van der Waals surface area contributed by atoms with Gasteiger partial charge in [-0.3, -0.25) is 0 Å². The van der Waals surface area contributed by atoms with Gasteiger partial charge in [0.15, 0.2) is 0 Å². The van der Waals surface area contributed by atoms with Crippen molar-refractivity contribution in [3.05, 3.63) is 70.0 Å². The van der Waals surface area contributed by atoms with E-state index in [1.807, 2.05) is 31.2 Å². The second-order valence-corrected chi connectivity index (χ2v) is 5.89. The summed E-state index contributed by atoms with van der Waals surface area (Å²) < 4.78 is 5.81. The summed E-state index contributed by atoms with van der Waals surface area (Å²) in [6.07, 6.45) is -0.725. The Labute approximate surface area is 125 Å². The van der Waals surface area contributed by atoms with Crippen molar-refractivity contribution in [2.45, 2.75) is 33.8 Å². The lowest BCUT2D eigenvalue weighted by Gasteiger charge is -2.14. The van der Waals surface area contributed by atoms with Gasteiger partial charge in [0.05, 0.1) is 0 Å². The molecular formula is C19H20O2. The molecule has 1 aromatic heterocycles. The number of benzene rings is 2. The van der Waals surface area contributed by atoms with Crippen LogP contribution in [0.15, 0.2) is 40.8 Å². The van der Waals surface area contributed by atoms with Crippen molar-refractivity contribution in [2.24, 2.45) is 0 Å². The number of hydrogen-bond donors (Lipinski definition) is 1. The van der Waals surface area contributed by atoms with Gasteiger partial charge < -0.3 is 9.52 Å². The van der Waals surface area contributed by atoms with E-state index in [9.17, 15) is 5.11 Å². The molecule has 108 valence electrons. The maximum absolute atomic E-state index is 10.7. The largest absolute Gasteiger partial charge is 0.458 e. The number of aliphatic hydroxyl groups is 1. The molecule has 3 rings (SSSR count). The lowest BCUT2D eigenvalue weighted by molar-refractivity contribution is 0.191. The fourth-order valence-electron chi connectivity index (χ4n) is 2.75. The van der Waals surface area contributed by atoms with E-state index in [2.05, 4.69) is 32.9 Å². The second kappa shape index (κ2) is 5.05. The molecule has 0 aliphatic rings. The summed E-state index contributed by atoms with van der Waals surface area (Å²) in [6.45, 7) is 8.23. The van der Waals surface area contributed by atoms with E-state index < -0.39 is 6.10 Å². The Morgan fingerprint density at radius 1 is 0.857 bits per heavy atom. The molecule has 1 unspecified atom stereocenters. The maximum Gasteiger partial charge on any atom is 0.138 e. The molecule has 21 heavy (non-hydrogen) atoms. The Morgan fingerprint density at radius 2 is 1.57 bits per heavy atom. The van der Waals surface area contributed by atoms with Gasteiger partial charge in [-0.25, -0.2) is 0 Å². The molecule has 0 saturated heterocycles. The van der Waals surface area contributed by atoms with Crippen molar-refractivity contribution >= 4 is 11.0 Å². The summed E-state index contributed by atoms with van der Waals surface area (Å²) in [5.41, 5.74) is 6.42. The Kier molecular flexibility index (Phi) is 3.34. The molecule has 1 atom stereocenters. The molecule has 0 aliphatic heterocycles. The van der Waals surface area contributed by atoms with Gasteiger partial charge in [-0.15, -0.1) is 0 Å². The molecule has 2 nitrogen and oxygen atoms in total. The first kappa shape index (κ1) is 13.9. The molecule has 0 radical (unpaired) electrons. The van der Waals surface area contributed by atoms with Crippen LogP contribution in [-0.2, 0) is 0 Å². The third-order valence-electron chi connectivity index (χ3n) is 4.14. The minimum atomic E-state index is -0.725. The van der Waals surface area contributed by atoms with Crippen LogP contribution in [0.3, 0.4) is 0 Å². The summed E-state index contributed by atoms with van der Waals surface area (Å²) in [5, 5.41) is 11.7. The van der Waals surface area contributed by atoms with Crippen LogP contribution in [0.2, 0.25) is 0 Å². The fraction of sp³-hybridized carbons (Fsp3) is 0.263. The molecule has 1 N–H and O–H groups in total. The third kappa shape index (κ3) is 2.47. The van der Waals surface area contributed by atoms with E-state index in [0.717, 1.165) is 22.1 Å². The molecule has 0 spiro atoms. The van der Waals surface area contributed by atoms with E-state index in [1.165, 1.54) is 16.7 Å². The lowest BCUT2D eigenvalue weighted by Crippen LogP contribution is -2.02. The average molecular weight is 280 g/mol. The zero-order valence-electron chi connectivity index (χ0n) is 12.9. The summed E-state index contributed by atoms with van der Waals surface area (Å²) in [5.74, 6) is 0.599. The number of fused-ring (bicyclic) bond motifs is 1. The van der Waals surface area contributed by atoms with Crippen molar-refractivity contribution in [3.63, 3.8) is 0 Å². The number of aliphatic hydroxyl groups excluding tert-OH is 1. The predicted octanol–water partition coefficient (Wildman–Crippen LogP) is 4.75. The number of aryl methyl sites for hydroxylation is 4. The predicted molar refractivity (Wildman–Crippen MR) is 85.7 cm³/mol. The topological polar surface area (TPSA) is 33.4 Å². The molecular weight excluding hydrogens is 260 g/mol. The van der Waals surface area contributed by atoms with Crippen molar-refractivity contribution < 1.29 is 9.52 Å². The monoisotopic (exact) mass is 280 g/mol. The molecule has 1 heterocycles. The van der Waals surface area contributed by atoms with Crippen LogP contribution in [0, 0.1) is 27.7 Å².